The average molecular weight is 307 g/mol. The summed E-state index contributed by atoms with van der Waals surface area (Å²) in [6, 6.07) is -0.438. The van der Waals surface area contributed by atoms with Crippen molar-refractivity contribution in [1.29, 1.82) is 0 Å². The molecule has 2 unspecified atom stereocenters. The molecule has 1 saturated heterocycles. The topological polar surface area (TPSA) is 101 Å². The first-order valence-electron chi connectivity index (χ1n) is 6.98. The van der Waals surface area contributed by atoms with Gasteiger partial charge in [0.1, 0.15) is 0 Å². The fourth-order valence-electron chi connectivity index (χ4n) is 2.49. The molecule has 3 amide bonds. The van der Waals surface area contributed by atoms with Crippen molar-refractivity contribution in [3.63, 3.8) is 0 Å². The number of likely N-dealkylation sites (tertiary alicyclic amines) is 1. The van der Waals surface area contributed by atoms with E-state index in [1.807, 2.05) is 0 Å². The SMILES string of the molecule is CC(C)CC(CN)NC(=O)C1CCCN(C(N)=O)C1.Cl. The van der Waals surface area contributed by atoms with Crippen molar-refractivity contribution in [2.45, 2.75) is 39.2 Å². The number of nitrogens with zero attached hydrogens (tertiary/aromatic N) is 1. The van der Waals surface area contributed by atoms with Gasteiger partial charge in [-0.15, -0.1) is 12.4 Å². The quantitative estimate of drug-likeness (QED) is 0.696. The lowest BCUT2D eigenvalue weighted by molar-refractivity contribution is -0.127. The first-order valence-corrected chi connectivity index (χ1v) is 6.98. The molecule has 0 aromatic rings. The standard InChI is InChI=1S/C13H26N4O2.ClH/c1-9(2)6-11(7-14)16-12(18)10-4-3-5-17(8-10)13(15)19;/h9-11H,3-8,14H2,1-2H3,(H2,15,19)(H,16,18);1H. The Morgan fingerprint density at radius 3 is 2.55 bits per heavy atom. The van der Waals surface area contributed by atoms with Gasteiger partial charge < -0.3 is 21.7 Å². The first-order chi connectivity index (χ1) is 8.93. The summed E-state index contributed by atoms with van der Waals surface area (Å²) in [4.78, 5) is 24.8. The molecule has 1 fully saturated rings. The number of hydrogen-bond acceptors (Lipinski definition) is 3. The molecule has 1 aliphatic rings. The van der Waals surface area contributed by atoms with Crippen LogP contribution < -0.4 is 16.8 Å². The monoisotopic (exact) mass is 306 g/mol. The van der Waals surface area contributed by atoms with Crippen molar-refractivity contribution in [3.8, 4) is 0 Å². The number of hydrogen-bond donors (Lipinski definition) is 3. The number of carbonyl (C=O) groups is 2. The smallest absolute Gasteiger partial charge is 0.314 e. The predicted octanol–water partition coefficient (Wildman–Crippen LogP) is 0.689. The normalized spacial score (nSPS) is 20.2. The van der Waals surface area contributed by atoms with E-state index < -0.39 is 6.03 Å². The molecule has 118 valence electrons. The van der Waals surface area contributed by atoms with Gasteiger partial charge in [0, 0.05) is 25.7 Å². The molecule has 0 saturated carbocycles. The van der Waals surface area contributed by atoms with Crippen LogP contribution in [0.5, 0.6) is 0 Å². The van der Waals surface area contributed by atoms with Gasteiger partial charge in [0.25, 0.3) is 0 Å². The predicted molar refractivity (Wildman–Crippen MR) is 81.6 cm³/mol. The van der Waals surface area contributed by atoms with Gasteiger partial charge in [0.2, 0.25) is 5.91 Å². The van der Waals surface area contributed by atoms with E-state index in [9.17, 15) is 9.59 Å². The number of urea groups is 1. The van der Waals surface area contributed by atoms with Crippen LogP contribution in [0.2, 0.25) is 0 Å². The Bertz CT molecular complexity index is 325. The van der Waals surface area contributed by atoms with Crippen LogP contribution in [-0.2, 0) is 4.79 Å². The van der Waals surface area contributed by atoms with E-state index in [1.54, 1.807) is 0 Å². The first kappa shape index (κ1) is 19.0. The largest absolute Gasteiger partial charge is 0.352 e. The van der Waals surface area contributed by atoms with Crippen LogP contribution in [-0.4, -0.2) is 42.5 Å². The zero-order valence-electron chi connectivity index (χ0n) is 12.3. The Morgan fingerprint density at radius 1 is 1.40 bits per heavy atom. The van der Waals surface area contributed by atoms with E-state index in [0.29, 0.717) is 25.6 Å². The van der Waals surface area contributed by atoms with E-state index in [-0.39, 0.29) is 30.3 Å². The minimum atomic E-state index is -0.449. The van der Waals surface area contributed by atoms with Crippen molar-refractivity contribution in [2.75, 3.05) is 19.6 Å². The van der Waals surface area contributed by atoms with E-state index in [0.717, 1.165) is 19.3 Å². The summed E-state index contributed by atoms with van der Waals surface area (Å²) >= 11 is 0. The molecule has 0 radical (unpaired) electrons. The fraction of sp³-hybridized carbons (Fsp3) is 0.846. The van der Waals surface area contributed by atoms with Crippen molar-refractivity contribution in [3.05, 3.63) is 0 Å². The highest BCUT2D eigenvalue weighted by molar-refractivity contribution is 5.85. The highest BCUT2D eigenvalue weighted by Gasteiger charge is 2.28. The Hall–Kier alpha value is -1.01. The number of nitrogens with one attached hydrogen (secondary N) is 1. The number of amides is 3. The Kier molecular flexibility index (Phi) is 8.57. The molecule has 1 rings (SSSR count). The molecule has 5 N–H and O–H groups in total. The van der Waals surface area contributed by atoms with E-state index in [4.69, 9.17) is 11.5 Å². The van der Waals surface area contributed by atoms with Gasteiger partial charge in [-0.3, -0.25) is 4.79 Å². The average Bonchev–Trinajstić information content (AvgIpc) is 2.37. The number of piperidine rings is 1. The van der Waals surface area contributed by atoms with Crippen molar-refractivity contribution in [2.24, 2.45) is 23.3 Å². The lowest BCUT2D eigenvalue weighted by Gasteiger charge is -2.31. The van der Waals surface area contributed by atoms with E-state index in [2.05, 4.69) is 19.2 Å². The van der Waals surface area contributed by atoms with Gasteiger partial charge in [0.15, 0.2) is 0 Å². The highest BCUT2D eigenvalue weighted by atomic mass is 35.5. The molecule has 0 aromatic heterocycles. The molecule has 0 spiro atoms. The van der Waals surface area contributed by atoms with Crippen LogP contribution >= 0.6 is 12.4 Å². The second-order valence-electron chi connectivity index (χ2n) is 5.69. The van der Waals surface area contributed by atoms with Gasteiger partial charge in [-0.05, 0) is 25.2 Å². The molecule has 0 aromatic carbocycles. The minimum Gasteiger partial charge on any atom is -0.352 e. The summed E-state index contributed by atoms with van der Waals surface area (Å²) in [5.74, 6) is 0.312. The number of carbonyl (C=O) groups excluding carboxylic acids is 2. The lowest BCUT2D eigenvalue weighted by Crippen LogP contribution is -2.50. The highest BCUT2D eigenvalue weighted by Crippen LogP contribution is 2.17. The van der Waals surface area contributed by atoms with Gasteiger partial charge in [-0.2, -0.15) is 0 Å². The Balaban J connectivity index is 0.00000361. The van der Waals surface area contributed by atoms with Crippen LogP contribution in [0.25, 0.3) is 0 Å². The van der Waals surface area contributed by atoms with Crippen LogP contribution in [0.4, 0.5) is 4.79 Å². The molecule has 20 heavy (non-hydrogen) atoms. The van der Waals surface area contributed by atoms with Crippen LogP contribution in [0, 0.1) is 11.8 Å². The Morgan fingerprint density at radius 2 is 2.05 bits per heavy atom. The third-order valence-electron chi connectivity index (χ3n) is 3.49. The maximum Gasteiger partial charge on any atom is 0.314 e. The molecular formula is C13H27ClN4O2. The molecule has 1 heterocycles. The summed E-state index contributed by atoms with van der Waals surface area (Å²) in [5.41, 5.74) is 10.9. The molecule has 0 aliphatic carbocycles. The molecule has 1 aliphatic heterocycles. The number of halogens is 1. The maximum atomic E-state index is 12.2. The molecular weight excluding hydrogens is 280 g/mol. The molecule has 0 bridgehead atoms. The van der Waals surface area contributed by atoms with Gasteiger partial charge >= 0.3 is 6.03 Å². The fourth-order valence-corrected chi connectivity index (χ4v) is 2.49. The van der Waals surface area contributed by atoms with E-state index >= 15 is 0 Å². The zero-order chi connectivity index (χ0) is 14.4. The number of rotatable bonds is 5. The van der Waals surface area contributed by atoms with E-state index in [1.165, 1.54) is 4.90 Å². The summed E-state index contributed by atoms with van der Waals surface area (Å²) in [5, 5.41) is 2.98. The third kappa shape index (κ3) is 5.96. The van der Waals surface area contributed by atoms with Crippen molar-refractivity contribution >= 4 is 24.3 Å². The van der Waals surface area contributed by atoms with Gasteiger partial charge in [-0.1, -0.05) is 13.8 Å². The van der Waals surface area contributed by atoms with Crippen molar-refractivity contribution in [1.82, 2.24) is 10.2 Å². The van der Waals surface area contributed by atoms with Crippen molar-refractivity contribution < 1.29 is 9.59 Å². The zero-order valence-corrected chi connectivity index (χ0v) is 13.1. The van der Waals surface area contributed by atoms with Crippen LogP contribution in [0.3, 0.4) is 0 Å². The Labute approximate surface area is 127 Å². The second-order valence-corrected chi connectivity index (χ2v) is 5.69. The number of nitrogens with two attached hydrogens (primary N) is 2. The van der Waals surface area contributed by atoms with Crippen LogP contribution in [0.1, 0.15) is 33.1 Å². The lowest BCUT2D eigenvalue weighted by atomic mass is 9.96. The second kappa shape index (κ2) is 9.02. The van der Waals surface area contributed by atoms with Gasteiger partial charge in [0.05, 0.1) is 5.92 Å². The summed E-state index contributed by atoms with van der Waals surface area (Å²) in [7, 11) is 0. The third-order valence-corrected chi connectivity index (χ3v) is 3.49. The summed E-state index contributed by atoms with van der Waals surface area (Å²) in [6.45, 7) is 5.70. The molecule has 6 nitrogen and oxygen atoms in total. The number of primary amides is 1. The summed E-state index contributed by atoms with van der Waals surface area (Å²) in [6.07, 6.45) is 2.49. The summed E-state index contributed by atoms with van der Waals surface area (Å²) < 4.78 is 0. The van der Waals surface area contributed by atoms with Crippen LogP contribution in [0.15, 0.2) is 0 Å². The molecule has 2 atom stereocenters. The van der Waals surface area contributed by atoms with Gasteiger partial charge in [-0.25, -0.2) is 4.79 Å². The maximum absolute atomic E-state index is 12.2. The minimum absolute atomic E-state index is 0. The molecule has 7 heteroatoms.